The summed E-state index contributed by atoms with van der Waals surface area (Å²) in [5, 5.41) is 0.923. The fourth-order valence-electron chi connectivity index (χ4n) is 1.39. The largest absolute Gasteiger partial charge is 0.339 e. The lowest BCUT2D eigenvalue weighted by Crippen LogP contribution is -2.33. The average molecular weight is 206 g/mol. The van der Waals surface area contributed by atoms with Gasteiger partial charge in [-0.05, 0) is 13.3 Å². The Hall–Kier alpha value is -0.0500. The molecule has 0 saturated carbocycles. The molecule has 3 heteroatoms. The molecule has 58 valence electrons. The number of amides is 1. The van der Waals surface area contributed by atoms with E-state index in [0.29, 0.717) is 11.9 Å². The molecule has 1 amide bonds. The second kappa shape index (κ2) is 3.37. The minimum atomic E-state index is 0.312. The molecule has 0 aromatic heterocycles. The van der Waals surface area contributed by atoms with E-state index < -0.39 is 0 Å². The van der Waals surface area contributed by atoms with E-state index in [4.69, 9.17) is 0 Å². The third kappa shape index (κ3) is 1.34. The summed E-state index contributed by atoms with van der Waals surface area (Å²) in [7, 11) is 0. The van der Waals surface area contributed by atoms with Crippen molar-refractivity contribution in [2.45, 2.75) is 25.8 Å². The maximum Gasteiger partial charge on any atom is 0.222 e. The number of nitrogens with zero attached hydrogens (tertiary/aromatic N) is 1. The number of carbonyl (C=O) groups excluding carboxylic acids is 1. The van der Waals surface area contributed by atoms with Crippen LogP contribution >= 0.6 is 15.9 Å². The van der Waals surface area contributed by atoms with Crippen molar-refractivity contribution in [3.63, 3.8) is 0 Å². The Balaban J connectivity index is 2.54. The normalized spacial score (nSPS) is 26.0. The molecule has 0 aromatic rings. The zero-order valence-electron chi connectivity index (χ0n) is 6.14. The van der Waals surface area contributed by atoms with Gasteiger partial charge in [-0.3, -0.25) is 4.79 Å². The Morgan fingerprint density at radius 1 is 1.80 bits per heavy atom. The summed E-state index contributed by atoms with van der Waals surface area (Å²) in [6, 6.07) is 0.456. The van der Waals surface area contributed by atoms with Crippen molar-refractivity contribution < 1.29 is 4.79 Å². The zero-order chi connectivity index (χ0) is 7.56. The van der Waals surface area contributed by atoms with Crippen LogP contribution in [0.5, 0.6) is 0 Å². The molecule has 0 spiro atoms. The standard InChI is InChI=1S/C7H12BrNO/c1-2-9-6(5-8)3-4-7(9)10/h6H,2-5H2,1H3. The van der Waals surface area contributed by atoms with Gasteiger partial charge in [-0.2, -0.15) is 0 Å². The van der Waals surface area contributed by atoms with Crippen LogP contribution in [0.4, 0.5) is 0 Å². The molecule has 10 heavy (non-hydrogen) atoms. The molecule has 0 bridgehead atoms. The predicted molar refractivity (Wildman–Crippen MR) is 44.2 cm³/mol. The van der Waals surface area contributed by atoms with Gasteiger partial charge in [0.25, 0.3) is 0 Å². The van der Waals surface area contributed by atoms with E-state index in [1.807, 2.05) is 11.8 Å². The molecule has 0 aromatic carbocycles. The number of hydrogen-bond donors (Lipinski definition) is 0. The van der Waals surface area contributed by atoms with Gasteiger partial charge in [0.05, 0.1) is 0 Å². The molecule has 0 N–H and O–H groups in total. The third-order valence-electron chi connectivity index (χ3n) is 1.97. The minimum Gasteiger partial charge on any atom is -0.339 e. The lowest BCUT2D eigenvalue weighted by Gasteiger charge is -2.20. The molecule has 1 aliphatic heterocycles. The van der Waals surface area contributed by atoms with Crippen molar-refractivity contribution >= 4 is 21.8 Å². The lowest BCUT2D eigenvalue weighted by molar-refractivity contribution is -0.128. The Labute approximate surface area is 69.7 Å². The maximum atomic E-state index is 11.1. The van der Waals surface area contributed by atoms with Gasteiger partial charge in [-0.25, -0.2) is 0 Å². The number of likely N-dealkylation sites (tertiary alicyclic amines) is 1. The molecule has 1 saturated heterocycles. The van der Waals surface area contributed by atoms with Crippen molar-refractivity contribution in [3.05, 3.63) is 0 Å². The quantitative estimate of drug-likeness (QED) is 0.625. The smallest absolute Gasteiger partial charge is 0.222 e. The molecule has 2 nitrogen and oxygen atoms in total. The van der Waals surface area contributed by atoms with Crippen LogP contribution in [0.2, 0.25) is 0 Å². The Morgan fingerprint density at radius 3 is 2.90 bits per heavy atom. The monoisotopic (exact) mass is 205 g/mol. The van der Waals surface area contributed by atoms with Crippen LogP contribution in [0.25, 0.3) is 0 Å². The van der Waals surface area contributed by atoms with Crippen LogP contribution in [0, 0.1) is 0 Å². The van der Waals surface area contributed by atoms with Crippen molar-refractivity contribution in [1.82, 2.24) is 4.90 Å². The number of halogens is 1. The fraction of sp³-hybridized carbons (Fsp3) is 0.857. The third-order valence-corrected chi connectivity index (χ3v) is 2.72. The Kier molecular flexibility index (Phi) is 2.72. The van der Waals surface area contributed by atoms with Gasteiger partial charge in [0.1, 0.15) is 0 Å². The van der Waals surface area contributed by atoms with Gasteiger partial charge in [-0.15, -0.1) is 0 Å². The van der Waals surface area contributed by atoms with Crippen molar-refractivity contribution in [3.8, 4) is 0 Å². The van der Waals surface area contributed by atoms with Gasteiger partial charge in [-0.1, -0.05) is 15.9 Å². The summed E-state index contributed by atoms with van der Waals surface area (Å²) in [6.45, 7) is 2.88. The highest BCUT2D eigenvalue weighted by molar-refractivity contribution is 9.09. The first-order chi connectivity index (χ1) is 4.79. The summed E-state index contributed by atoms with van der Waals surface area (Å²) in [5.74, 6) is 0.312. The van der Waals surface area contributed by atoms with E-state index in [1.165, 1.54) is 0 Å². The molecule has 1 unspecified atom stereocenters. The zero-order valence-corrected chi connectivity index (χ0v) is 7.73. The maximum absolute atomic E-state index is 11.1. The van der Waals surface area contributed by atoms with E-state index in [-0.39, 0.29) is 0 Å². The molecule has 1 heterocycles. The lowest BCUT2D eigenvalue weighted by atomic mass is 10.2. The first kappa shape index (κ1) is 8.05. The summed E-state index contributed by atoms with van der Waals surface area (Å²) >= 11 is 3.39. The van der Waals surface area contributed by atoms with Crippen LogP contribution in [-0.2, 0) is 4.79 Å². The molecular weight excluding hydrogens is 194 g/mol. The fourth-order valence-corrected chi connectivity index (χ4v) is 2.06. The first-order valence-electron chi connectivity index (χ1n) is 3.65. The van der Waals surface area contributed by atoms with Crippen molar-refractivity contribution in [2.75, 3.05) is 11.9 Å². The van der Waals surface area contributed by atoms with E-state index >= 15 is 0 Å². The number of hydrogen-bond acceptors (Lipinski definition) is 1. The second-order valence-corrected chi connectivity index (χ2v) is 3.17. The summed E-state index contributed by atoms with van der Waals surface area (Å²) in [5.41, 5.74) is 0. The highest BCUT2D eigenvalue weighted by Gasteiger charge is 2.27. The summed E-state index contributed by atoms with van der Waals surface area (Å²) in [6.07, 6.45) is 1.77. The van der Waals surface area contributed by atoms with Crippen molar-refractivity contribution in [1.29, 1.82) is 0 Å². The van der Waals surface area contributed by atoms with Gasteiger partial charge in [0.15, 0.2) is 0 Å². The molecule has 0 aliphatic carbocycles. The van der Waals surface area contributed by atoms with E-state index in [9.17, 15) is 4.79 Å². The molecule has 1 rings (SSSR count). The summed E-state index contributed by atoms with van der Waals surface area (Å²) in [4.78, 5) is 13.0. The van der Waals surface area contributed by atoms with E-state index in [0.717, 1.165) is 24.7 Å². The van der Waals surface area contributed by atoms with E-state index in [2.05, 4.69) is 15.9 Å². The average Bonchev–Trinajstić information content (AvgIpc) is 2.30. The Bertz CT molecular complexity index is 138. The molecule has 1 fully saturated rings. The van der Waals surface area contributed by atoms with Crippen LogP contribution in [0.15, 0.2) is 0 Å². The topological polar surface area (TPSA) is 20.3 Å². The first-order valence-corrected chi connectivity index (χ1v) is 4.77. The van der Waals surface area contributed by atoms with Crippen LogP contribution < -0.4 is 0 Å². The molecule has 0 radical (unpaired) electrons. The highest BCUT2D eigenvalue weighted by Crippen LogP contribution is 2.19. The van der Waals surface area contributed by atoms with Gasteiger partial charge in [0.2, 0.25) is 5.91 Å². The number of alkyl halides is 1. The SMILES string of the molecule is CCN1C(=O)CCC1CBr. The number of rotatable bonds is 2. The minimum absolute atomic E-state index is 0.312. The molecular formula is C7H12BrNO. The van der Waals surface area contributed by atoms with Gasteiger partial charge in [0, 0.05) is 24.3 Å². The molecule has 1 atom stereocenters. The van der Waals surface area contributed by atoms with Crippen LogP contribution in [0.1, 0.15) is 19.8 Å². The van der Waals surface area contributed by atoms with Gasteiger partial charge >= 0.3 is 0 Å². The van der Waals surface area contributed by atoms with E-state index in [1.54, 1.807) is 0 Å². The van der Waals surface area contributed by atoms with Crippen molar-refractivity contribution in [2.24, 2.45) is 0 Å². The van der Waals surface area contributed by atoms with Crippen LogP contribution in [0.3, 0.4) is 0 Å². The predicted octanol–water partition coefficient (Wildman–Crippen LogP) is 1.39. The number of carbonyl (C=O) groups is 1. The van der Waals surface area contributed by atoms with Gasteiger partial charge < -0.3 is 4.90 Å². The molecule has 1 aliphatic rings. The van der Waals surface area contributed by atoms with Crippen LogP contribution in [-0.4, -0.2) is 28.7 Å². The Morgan fingerprint density at radius 2 is 2.50 bits per heavy atom. The second-order valence-electron chi connectivity index (χ2n) is 2.53. The highest BCUT2D eigenvalue weighted by atomic mass is 79.9. The summed E-state index contributed by atoms with van der Waals surface area (Å²) < 4.78 is 0.